The number of aliphatic imine (C=N–C) groups is 1. The Hall–Kier alpha value is -2.97. The summed E-state index contributed by atoms with van der Waals surface area (Å²) in [5.41, 5.74) is 0.271. The summed E-state index contributed by atoms with van der Waals surface area (Å²) >= 11 is 0. The van der Waals surface area contributed by atoms with Crippen LogP contribution in [0.1, 0.15) is 30.5 Å². The van der Waals surface area contributed by atoms with E-state index in [0.717, 1.165) is 30.0 Å². The maximum absolute atomic E-state index is 12.6. The smallest absolute Gasteiger partial charge is 0.417 e. The molecule has 1 aliphatic heterocycles. The molecule has 0 bridgehead atoms. The summed E-state index contributed by atoms with van der Waals surface area (Å²) in [6.07, 6.45) is -2.84. The van der Waals surface area contributed by atoms with Crippen LogP contribution in [0.2, 0.25) is 0 Å². The SMILES string of the molecule is CCNC(=NCCOc1ccc(C(F)(F)F)cn1)NC1CCOc2ccccc21. The van der Waals surface area contributed by atoms with E-state index in [-0.39, 0.29) is 18.5 Å². The third-order valence-electron chi connectivity index (χ3n) is 4.29. The van der Waals surface area contributed by atoms with Gasteiger partial charge in [0.25, 0.3) is 0 Å². The van der Waals surface area contributed by atoms with Crippen LogP contribution in [0.3, 0.4) is 0 Å². The van der Waals surface area contributed by atoms with E-state index in [1.54, 1.807) is 0 Å². The topological polar surface area (TPSA) is 67.8 Å². The fourth-order valence-corrected chi connectivity index (χ4v) is 2.92. The highest BCUT2D eigenvalue weighted by atomic mass is 19.4. The zero-order valence-electron chi connectivity index (χ0n) is 16.0. The van der Waals surface area contributed by atoms with Gasteiger partial charge in [0.05, 0.1) is 24.8 Å². The van der Waals surface area contributed by atoms with Gasteiger partial charge in [-0.1, -0.05) is 18.2 Å². The lowest BCUT2D eigenvalue weighted by atomic mass is 10.0. The van der Waals surface area contributed by atoms with Crippen LogP contribution in [0.15, 0.2) is 47.6 Å². The van der Waals surface area contributed by atoms with Gasteiger partial charge in [0, 0.05) is 30.8 Å². The van der Waals surface area contributed by atoms with E-state index in [0.29, 0.717) is 25.7 Å². The van der Waals surface area contributed by atoms with Gasteiger partial charge in [-0.2, -0.15) is 13.2 Å². The summed E-state index contributed by atoms with van der Waals surface area (Å²) in [7, 11) is 0. The van der Waals surface area contributed by atoms with Crippen molar-refractivity contribution in [2.75, 3.05) is 26.3 Å². The lowest BCUT2D eigenvalue weighted by Crippen LogP contribution is -2.41. The minimum atomic E-state index is -4.41. The number of para-hydroxylation sites is 1. The molecule has 2 heterocycles. The Balaban J connectivity index is 1.55. The van der Waals surface area contributed by atoms with Crippen LogP contribution in [0.5, 0.6) is 11.6 Å². The summed E-state index contributed by atoms with van der Waals surface area (Å²) in [5.74, 6) is 1.63. The average Bonchev–Trinajstić information content (AvgIpc) is 2.71. The number of alkyl halides is 3. The van der Waals surface area contributed by atoms with Crippen LogP contribution in [-0.4, -0.2) is 37.2 Å². The molecule has 1 unspecified atom stereocenters. The minimum Gasteiger partial charge on any atom is -0.493 e. The number of rotatable bonds is 6. The average molecular weight is 408 g/mol. The molecule has 0 aliphatic carbocycles. The molecule has 3 rings (SSSR count). The quantitative estimate of drug-likeness (QED) is 0.435. The molecule has 0 fully saturated rings. The van der Waals surface area contributed by atoms with E-state index in [4.69, 9.17) is 9.47 Å². The number of benzene rings is 1. The van der Waals surface area contributed by atoms with E-state index >= 15 is 0 Å². The largest absolute Gasteiger partial charge is 0.493 e. The van der Waals surface area contributed by atoms with E-state index in [2.05, 4.69) is 20.6 Å². The maximum atomic E-state index is 12.6. The fraction of sp³-hybridized carbons (Fsp3) is 0.400. The number of guanidine groups is 1. The number of aromatic nitrogens is 1. The number of pyridine rings is 1. The number of ether oxygens (including phenoxy) is 2. The van der Waals surface area contributed by atoms with Crippen molar-refractivity contribution in [3.8, 4) is 11.6 Å². The number of hydrogen-bond donors (Lipinski definition) is 2. The highest BCUT2D eigenvalue weighted by molar-refractivity contribution is 5.80. The minimum absolute atomic E-state index is 0.0789. The lowest BCUT2D eigenvalue weighted by molar-refractivity contribution is -0.137. The first-order valence-corrected chi connectivity index (χ1v) is 9.40. The second-order valence-corrected chi connectivity index (χ2v) is 6.36. The van der Waals surface area contributed by atoms with Gasteiger partial charge in [-0.25, -0.2) is 9.98 Å². The molecule has 1 aromatic carbocycles. The third-order valence-corrected chi connectivity index (χ3v) is 4.29. The Kier molecular flexibility index (Phi) is 6.79. The fourth-order valence-electron chi connectivity index (χ4n) is 2.92. The summed E-state index contributed by atoms with van der Waals surface area (Å²) in [6, 6.07) is 10.1. The molecule has 9 heteroatoms. The second-order valence-electron chi connectivity index (χ2n) is 6.36. The van der Waals surface area contributed by atoms with Gasteiger partial charge in [-0.3, -0.25) is 0 Å². The highest BCUT2D eigenvalue weighted by Crippen LogP contribution is 2.31. The summed E-state index contributed by atoms with van der Waals surface area (Å²) in [6.45, 7) is 3.80. The Bertz CT molecular complexity index is 825. The molecule has 6 nitrogen and oxygen atoms in total. The van der Waals surface area contributed by atoms with Crippen molar-refractivity contribution in [1.29, 1.82) is 0 Å². The Morgan fingerprint density at radius 2 is 2.10 bits per heavy atom. The van der Waals surface area contributed by atoms with Crippen molar-refractivity contribution in [3.63, 3.8) is 0 Å². The van der Waals surface area contributed by atoms with Gasteiger partial charge in [0.2, 0.25) is 5.88 Å². The number of fused-ring (bicyclic) bond motifs is 1. The van der Waals surface area contributed by atoms with Crippen molar-refractivity contribution >= 4 is 5.96 Å². The number of nitrogens with one attached hydrogen (secondary N) is 2. The lowest BCUT2D eigenvalue weighted by Gasteiger charge is -2.28. The van der Waals surface area contributed by atoms with Gasteiger partial charge >= 0.3 is 6.18 Å². The Labute approximate surface area is 167 Å². The zero-order valence-corrected chi connectivity index (χ0v) is 16.0. The van der Waals surface area contributed by atoms with Crippen molar-refractivity contribution in [3.05, 3.63) is 53.7 Å². The molecule has 0 spiro atoms. The van der Waals surface area contributed by atoms with Crippen LogP contribution in [0.25, 0.3) is 0 Å². The van der Waals surface area contributed by atoms with Crippen molar-refractivity contribution in [1.82, 2.24) is 15.6 Å². The first-order chi connectivity index (χ1) is 14.0. The Morgan fingerprint density at radius 1 is 1.28 bits per heavy atom. The molecule has 156 valence electrons. The molecule has 2 aromatic rings. The molecule has 0 radical (unpaired) electrons. The van der Waals surface area contributed by atoms with Gasteiger partial charge in [0.1, 0.15) is 12.4 Å². The van der Waals surface area contributed by atoms with Crippen LogP contribution in [0.4, 0.5) is 13.2 Å². The summed E-state index contributed by atoms with van der Waals surface area (Å²) in [4.78, 5) is 8.15. The molecule has 1 aliphatic rings. The third kappa shape index (κ3) is 5.75. The molecular weight excluding hydrogens is 385 g/mol. The van der Waals surface area contributed by atoms with Crippen LogP contribution < -0.4 is 20.1 Å². The highest BCUT2D eigenvalue weighted by Gasteiger charge is 2.30. The van der Waals surface area contributed by atoms with Crippen LogP contribution in [0, 0.1) is 0 Å². The summed E-state index contributed by atoms with van der Waals surface area (Å²) in [5, 5.41) is 6.58. The standard InChI is InChI=1S/C20H23F3N4O2/c1-2-24-19(27-16-9-11-28-17-6-4-3-5-15(16)17)25-10-12-29-18-8-7-14(13-26-18)20(21,22)23/h3-8,13,16H,2,9-12H2,1H3,(H2,24,25,27). The molecule has 29 heavy (non-hydrogen) atoms. The normalized spacial score (nSPS) is 16.6. The van der Waals surface area contributed by atoms with Gasteiger partial charge < -0.3 is 20.1 Å². The molecule has 1 aromatic heterocycles. The van der Waals surface area contributed by atoms with Crippen LogP contribution in [-0.2, 0) is 6.18 Å². The van der Waals surface area contributed by atoms with E-state index in [1.807, 2.05) is 31.2 Å². The predicted molar refractivity (Wildman–Crippen MR) is 103 cm³/mol. The van der Waals surface area contributed by atoms with E-state index in [1.165, 1.54) is 6.07 Å². The first-order valence-electron chi connectivity index (χ1n) is 9.40. The van der Waals surface area contributed by atoms with Crippen molar-refractivity contribution in [2.45, 2.75) is 25.6 Å². The van der Waals surface area contributed by atoms with E-state index < -0.39 is 11.7 Å². The molecular formula is C20H23F3N4O2. The number of hydrogen-bond acceptors (Lipinski definition) is 4. The molecule has 0 amide bonds. The van der Waals surface area contributed by atoms with Gasteiger partial charge in [-0.15, -0.1) is 0 Å². The van der Waals surface area contributed by atoms with Crippen molar-refractivity contribution in [2.24, 2.45) is 4.99 Å². The van der Waals surface area contributed by atoms with Gasteiger partial charge in [-0.05, 0) is 19.1 Å². The van der Waals surface area contributed by atoms with Crippen LogP contribution >= 0.6 is 0 Å². The molecule has 0 saturated heterocycles. The number of halogens is 3. The monoisotopic (exact) mass is 408 g/mol. The van der Waals surface area contributed by atoms with Crippen molar-refractivity contribution < 1.29 is 22.6 Å². The molecule has 2 N–H and O–H groups in total. The Morgan fingerprint density at radius 3 is 2.83 bits per heavy atom. The molecule has 0 saturated carbocycles. The van der Waals surface area contributed by atoms with Gasteiger partial charge in [0.15, 0.2) is 5.96 Å². The predicted octanol–water partition coefficient (Wildman–Crippen LogP) is 3.56. The first kappa shape index (κ1) is 20.8. The summed E-state index contributed by atoms with van der Waals surface area (Å²) < 4.78 is 48.7. The second kappa shape index (κ2) is 9.49. The maximum Gasteiger partial charge on any atom is 0.417 e. The van der Waals surface area contributed by atoms with E-state index in [9.17, 15) is 13.2 Å². The zero-order chi connectivity index (χ0) is 20.7. The number of nitrogens with zero attached hydrogens (tertiary/aromatic N) is 2. The molecule has 1 atom stereocenters.